The average Bonchev–Trinajstić information content (AvgIpc) is 2.70. The van der Waals surface area contributed by atoms with E-state index in [-0.39, 0.29) is 23.8 Å². The van der Waals surface area contributed by atoms with Crippen molar-refractivity contribution in [2.24, 2.45) is 5.92 Å². The van der Waals surface area contributed by atoms with E-state index in [1.807, 2.05) is 79.4 Å². The molecule has 2 aromatic carbocycles. The second kappa shape index (κ2) is 9.54. The molecule has 0 aromatic heterocycles. The fraction of sp³-hybridized carbons (Fsp3) is 0.417. The van der Waals surface area contributed by atoms with Crippen molar-refractivity contribution in [3.63, 3.8) is 0 Å². The van der Waals surface area contributed by atoms with Gasteiger partial charge in [0.15, 0.2) is 0 Å². The summed E-state index contributed by atoms with van der Waals surface area (Å²) in [5.41, 5.74) is 2.04. The maximum Gasteiger partial charge on any atom is 0.234 e. The molecule has 28 heavy (non-hydrogen) atoms. The van der Waals surface area contributed by atoms with E-state index < -0.39 is 0 Å². The maximum absolute atomic E-state index is 13.4. The van der Waals surface area contributed by atoms with Crippen LogP contribution in [0.4, 0.5) is 0 Å². The molecule has 1 aliphatic heterocycles. The first-order chi connectivity index (χ1) is 13.5. The van der Waals surface area contributed by atoms with Gasteiger partial charge in [-0.2, -0.15) is 0 Å². The Morgan fingerprint density at radius 3 is 1.89 bits per heavy atom. The molecule has 0 unspecified atom stereocenters. The average molecular weight is 379 g/mol. The molecule has 0 spiro atoms. The number of carbonyl (C=O) groups excluding carboxylic acids is 2. The Morgan fingerprint density at radius 1 is 0.929 bits per heavy atom. The smallest absolute Gasteiger partial charge is 0.234 e. The van der Waals surface area contributed by atoms with Crippen molar-refractivity contribution in [2.45, 2.75) is 45.1 Å². The standard InChI is InChI=1S/C24H30N2O2/c1-18(2)17-22(27)25-21-13-15-26(16-14-21)24(28)23(19-9-5-3-6-10-19)20-11-7-4-8-12-20/h3-12,18,21,23H,13-17H2,1-2H3,(H,25,27). The molecule has 2 amide bonds. The van der Waals surface area contributed by atoms with Crippen LogP contribution in [0, 0.1) is 5.92 Å². The molecule has 4 nitrogen and oxygen atoms in total. The SMILES string of the molecule is CC(C)CC(=O)NC1CCN(C(=O)C(c2ccccc2)c2ccccc2)CC1. The first-order valence-corrected chi connectivity index (χ1v) is 10.2. The largest absolute Gasteiger partial charge is 0.353 e. The third kappa shape index (κ3) is 5.22. The summed E-state index contributed by atoms with van der Waals surface area (Å²) < 4.78 is 0. The number of piperidine rings is 1. The molecule has 0 aliphatic carbocycles. The highest BCUT2D eigenvalue weighted by molar-refractivity contribution is 5.87. The quantitative estimate of drug-likeness (QED) is 0.827. The van der Waals surface area contributed by atoms with E-state index in [4.69, 9.17) is 0 Å². The van der Waals surface area contributed by atoms with Crippen LogP contribution in [0.15, 0.2) is 60.7 Å². The number of carbonyl (C=O) groups is 2. The molecule has 3 rings (SSSR count). The fourth-order valence-corrected chi connectivity index (χ4v) is 3.85. The first kappa shape index (κ1) is 20.1. The van der Waals surface area contributed by atoms with Gasteiger partial charge in [-0.25, -0.2) is 0 Å². The van der Waals surface area contributed by atoms with E-state index in [1.165, 1.54) is 0 Å². The number of amides is 2. The van der Waals surface area contributed by atoms with E-state index in [0.717, 1.165) is 24.0 Å². The van der Waals surface area contributed by atoms with E-state index in [2.05, 4.69) is 5.32 Å². The van der Waals surface area contributed by atoms with Gasteiger partial charge < -0.3 is 10.2 Å². The van der Waals surface area contributed by atoms with Crippen molar-refractivity contribution in [1.29, 1.82) is 0 Å². The van der Waals surface area contributed by atoms with E-state index >= 15 is 0 Å². The minimum atomic E-state index is -0.283. The molecule has 2 aromatic rings. The minimum absolute atomic E-state index is 0.117. The molecule has 0 bridgehead atoms. The Hall–Kier alpha value is -2.62. The maximum atomic E-state index is 13.4. The molecule has 1 heterocycles. The molecule has 148 valence electrons. The van der Waals surface area contributed by atoms with Crippen LogP contribution in [0.25, 0.3) is 0 Å². The topological polar surface area (TPSA) is 49.4 Å². The second-order valence-electron chi connectivity index (χ2n) is 8.02. The van der Waals surface area contributed by atoms with Crippen molar-refractivity contribution >= 4 is 11.8 Å². The molecular weight excluding hydrogens is 348 g/mol. The van der Waals surface area contributed by atoms with Gasteiger partial charge >= 0.3 is 0 Å². The summed E-state index contributed by atoms with van der Waals surface area (Å²) in [6.45, 7) is 5.46. The summed E-state index contributed by atoms with van der Waals surface area (Å²) in [6.07, 6.45) is 2.18. The highest BCUT2D eigenvalue weighted by atomic mass is 16.2. The lowest BCUT2D eigenvalue weighted by Gasteiger charge is -2.35. The van der Waals surface area contributed by atoms with Gasteiger partial charge in [-0.05, 0) is 29.9 Å². The van der Waals surface area contributed by atoms with Crippen LogP contribution < -0.4 is 5.32 Å². The minimum Gasteiger partial charge on any atom is -0.353 e. The summed E-state index contributed by atoms with van der Waals surface area (Å²) in [4.78, 5) is 27.4. The monoisotopic (exact) mass is 378 g/mol. The lowest BCUT2D eigenvalue weighted by atomic mass is 9.89. The van der Waals surface area contributed by atoms with Crippen LogP contribution in [-0.4, -0.2) is 35.8 Å². The van der Waals surface area contributed by atoms with Gasteiger partial charge in [0.1, 0.15) is 0 Å². The number of nitrogens with one attached hydrogen (secondary N) is 1. The van der Waals surface area contributed by atoms with Gasteiger partial charge in [0.25, 0.3) is 0 Å². The van der Waals surface area contributed by atoms with Gasteiger partial charge in [0.2, 0.25) is 11.8 Å². The Bertz CT molecular complexity index is 726. The van der Waals surface area contributed by atoms with Gasteiger partial charge in [0.05, 0.1) is 5.92 Å². The number of hydrogen-bond donors (Lipinski definition) is 1. The lowest BCUT2D eigenvalue weighted by Crippen LogP contribution is -2.48. The van der Waals surface area contributed by atoms with Gasteiger partial charge in [0, 0.05) is 25.6 Å². The van der Waals surface area contributed by atoms with Crippen molar-refractivity contribution in [1.82, 2.24) is 10.2 Å². The Kier molecular flexibility index (Phi) is 6.85. The summed E-state index contributed by atoms with van der Waals surface area (Å²) in [6, 6.07) is 20.1. The molecular formula is C24H30N2O2. The van der Waals surface area contributed by atoms with E-state index in [9.17, 15) is 9.59 Å². The first-order valence-electron chi connectivity index (χ1n) is 10.2. The van der Waals surface area contributed by atoms with Crippen LogP contribution in [0.5, 0.6) is 0 Å². The van der Waals surface area contributed by atoms with Gasteiger partial charge in [-0.1, -0.05) is 74.5 Å². The zero-order valence-electron chi connectivity index (χ0n) is 16.8. The lowest BCUT2D eigenvalue weighted by molar-refractivity contribution is -0.133. The summed E-state index contributed by atoms with van der Waals surface area (Å²) in [5, 5.41) is 3.13. The molecule has 1 fully saturated rings. The van der Waals surface area contributed by atoms with Crippen molar-refractivity contribution in [3.05, 3.63) is 71.8 Å². The van der Waals surface area contributed by atoms with E-state index in [1.54, 1.807) is 0 Å². The molecule has 0 radical (unpaired) electrons. The third-order valence-corrected chi connectivity index (χ3v) is 5.28. The fourth-order valence-electron chi connectivity index (χ4n) is 3.85. The Morgan fingerprint density at radius 2 is 1.43 bits per heavy atom. The van der Waals surface area contributed by atoms with Gasteiger partial charge in [-0.15, -0.1) is 0 Å². The summed E-state index contributed by atoms with van der Waals surface area (Å²) in [5.74, 6) is 0.337. The second-order valence-corrected chi connectivity index (χ2v) is 8.02. The highest BCUT2D eigenvalue weighted by Crippen LogP contribution is 2.28. The Balaban J connectivity index is 1.67. The molecule has 1 N–H and O–H groups in total. The predicted octanol–water partition coefficient (Wildman–Crippen LogP) is 3.97. The molecule has 4 heteroatoms. The number of likely N-dealkylation sites (tertiary alicyclic amines) is 1. The van der Waals surface area contributed by atoms with Crippen LogP contribution >= 0.6 is 0 Å². The van der Waals surface area contributed by atoms with Crippen LogP contribution in [0.1, 0.15) is 50.2 Å². The zero-order chi connectivity index (χ0) is 19.9. The van der Waals surface area contributed by atoms with Crippen molar-refractivity contribution < 1.29 is 9.59 Å². The zero-order valence-corrected chi connectivity index (χ0v) is 16.8. The molecule has 1 aliphatic rings. The summed E-state index contributed by atoms with van der Waals surface area (Å²) >= 11 is 0. The number of nitrogens with zero attached hydrogens (tertiary/aromatic N) is 1. The number of benzene rings is 2. The number of rotatable bonds is 6. The normalized spacial score (nSPS) is 15.1. The Labute approximate surface area is 167 Å². The molecule has 1 saturated heterocycles. The van der Waals surface area contributed by atoms with Crippen LogP contribution in [0.3, 0.4) is 0 Å². The molecule has 0 saturated carbocycles. The van der Waals surface area contributed by atoms with Crippen molar-refractivity contribution in [2.75, 3.05) is 13.1 Å². The third-order valence-electron chi connectivity index (χ3n) is 5.28. The van der Waals surface area contributed by atoms with Crippen LogP contribution in [0.2, 0.25) is 0 Å². The van der Waals surface area contributed by atoms with Crippen molar-refractivity contribution in [3.8, 4) is 0 Å². The van der Waals surface area contributed by atoms with E-state index in [0.29, 0.717) is 25.4 Å². The van der Waals surface area contributed by atoms with Gasteiger partial charge in [-0.3, -0.25) is 9.59 Å². The number of hydrogen-bond acceptors (Lipinski definition) is 2. The predicted molar refractivity (Wildman–Crippen MR) is 112 cm³/mol. The summed E-state index contributed by atoms with van der Waals surface area (Å²) in [7, 11) is 0. The molecule has 0 atom stereocenters. The highest BCUT2D eigenvalue weighted by Gasteiger charge is 2.30. The van der Waals surface area contributed by atoms with Crippen LogP contribution in [-0.2, 0) is 9.59 Å².